The van der Waals surface area contributed by atoms with Crippen molar-refractivity contribution in [3.05, 3.63) is 24.3 Å². The Balaban J connectivity index is 1.49. The molecule has 5 heteroatoms. The van der Waals surface area contributed by atoms with E-state index in [9.17, 15) is 4.79 Å². The van der Waals surface area contributed by atoms with Crippen molar-refractivity contribution < 1.29 is 19.0 Å². The Kier molecular flexibility index (Phi) is 4.48. The van der Waals surface area contributed by atoms with Gasteiger partial charge in [-0.15, -0.1) is 0 Å². The summed E-state index contributed by atoms with van der Waals surface area (Å²) in [5.41, 5.74) is -0.195. The maximum atomic E-state index is 12.6. The molecule has 0 aromatic heterocycles. The molecule has 0 aliphatic carbocycles. The average Bonchev–Trinajstić information content (AvgIpc) is 2.49. The minimum atomic E-state index is -0.195. The third-order valence-electron chi connectivity index (χ3n) is 4.55. The highest BCUT2D eigenvalue weighted by atomic mass is 16.5. The van der Waals surface area contributed by atoms with Gasteiger partial charge in [-0.25, -0.2) is 0 Å². The standard InChI is InChI=1S/C18H25NO4/c1-18(2)10-13(7-8-22-18)17(20)19-11-16(12-19)23-15-6-4-5-14(9-15)21-3/h4-6,9,13,16H,7-8,10-12H2,1-3H3. The zero-order chi connectivity index (χ0) is 16.4. The highest BCUT2D eigenvalue weighted by molar-refractivity contribution is 5.80. The molecule has 2 aliphatic rings. The molecule has 0 spiro atoms. The van der Waals surface area contributed by atoms with Crippen molar-refractivity contribution in [3.8, 4) is 11.5 Å². The molecular formula is C18H25NO4. The molecule has 0 saturated carbocycles. The Morgan fingerprint density at radius 1 is 1.30 bits per heavy atom. The van der Waals surface area contributed by atoms with Gasteiger partial charge in [0.1, 0.15) is 17.6 Å². The van der Waals surface area contributed by atoms with E-state index in [0.717, 1.165) is 24.3 Å². The number of amides is 1. The van der Waals surface area contributed by atoms with Crippen LogP contribution in [0.4, 0.5) is 0 Å². The first-order valence-electron chi connectivity index (χ1n) is 8.20. The second-order valence-corrected chi connectivity index (χ2v) is 6.96. The minimum absolute atomic E-state index is 0.0684. The third kappa shape index (κ3) is 3.78. The molecule has 23 heavy (non-hydrogen) atoms. The predicted molar refractivity (Wildman–Crippen MR) is 86.7 cm³/mol. The van der Waals surface area contributed by atoms with Gasteiger partial charge in [0.2, 0.25) is 5.91 Å². The lowest BCUT2D eigenvalue weighted by molar-refractivity contribution is -0.153. The SMILES string of the molecule is COc1cccc(OC2CN(C(=O)C3CCOC(C)(C)C3)C2)c1. The van der Waals surface area contributed by atoms with E-state index in [1.165, 1.54) is 0 Å². The van der Waals surface area contributed by atoms with E-state index in [1.54, 1.807) is 7.11 Å². The molecule has 0 bridgehead atoms. The van der Waals surface area contributed by atoms with Gasteiger partial charge in [0.15, 0.2) is 0 Å². The number of methoxy groups -OCH3 is 1. The Hall–Kier alpha value is -1.75. The van der Waals surface area contributed by atoms with Crippen LogP contribution >= 0.6 is 0 Å². The molecule has 0 N–H and O–H groups in total. The van der Waals surface area contributed by atoms with Crippen LogP contribution in [0.25, 0.3) is 0 Å². The van der Waals surface area contributed by atoms with Crippen LogP contribution in [0.3, 0.4) is 0 Å². The monoisotopic (exact) mass is 319 g/mol. The Bertz CT molecular complexity index is 566. The second kappa shape index (κ2) is 6.40. The van der Waals surface area contributed by atoms with E-state index in [4.69, 9.17) is 14.2 Å². The van der Waals surface area contributed by atoms with Crippen LogP contribution in [0.1, 0.15) is 26.7 Å². The van der Waals surface area contributed by atoms with Gasteiger partial charge in [0, 0.05) is 18.6 Å². The van der Waals surface area contributed by atoms with E-state index in [-0.39, 0.29) is 23.5 Å². The largest absolute Gasteiger partial charge is 0.497 e. The molecule has 2 aliphatic heterocycles. The van der Waals surface area contributed by atoms with Crippen LogP contribution in [-0.4, -0.2) is 49.3 Å². The van der Waals surface area contributed by atoms with Crippen molar-refractivity contribution in [3.63, 3.8) is 0 Å². The van der Waals surface area contributed by atoms with Gasteiger partial charge in [-0.05, 0) is 38.8 Å². The molecule has 1 atom stereocenters. The number of hydrogen-bond donors (Lipinski definition) is 0. The van der Waals surface area contributed by atoms with E-state index in [0.29, 0.717) is 19.7 Å². The van der Waals surface area contributed by atoms with Gasteiger partial charge in [0.25, 0.3) is 0 Å². The number of carbonyl (C=O) groups is 1. The lowest BCUT2D eigenvalue weighted by Gasteiger charge is -2.43. The number of ether oxygens (including phenoxy) is 3. The van der Waals surface area contributed by atoms with E-state index in [2.05, 4.69) is 13.8 Å². The van der Waals surface area contributed by atoms with Gasteiger partial charge in [-0.2, -0.15) is 0 Å². The summed E-state index contributed by atoms with van der Waals surface area (Å²) in [4.78, 5) is 14.5. The number of carbonyl (C=O) groups excluding carboxylic acids is 1. The Morgan fingerprint density at radius 3 is 2.74 bits per heavy atom. The molecule has 2 heterocycles. The van der Waals surface area contributed by atoms with E-state index in [1.807, 2.05) is 29.2 Å². The van der Waals surface area contributed by atoms with Crippen molar-refractivity contribution in [1.82, 2.24) is 4.90 Å². The number of benzene rings is 1. The molecule has 1 aromatic carbocycles. The summed E-state index contributed by atoms with van der Waals surface area (Å²) < 4.78 is 16.8. The minimum Gasteiger partial charge on any atom is -0.497 e. The highest BCUT2D eigenvalue weighted by Gasteiger charge is 2.39. The van der Waals surface area contributed by atoms with Crippen molar-refractivity contribution in [2.75, 3.05) is 26.8 Å². The normalized spacial score (nSPS) is 24.0. The fourth-order valence-corrected chi connectivity index (χ4v) is 3.26. The summed E-state index contributed by atoms with van der Waals surface area (Å²) in [5, 5.41) is 0. The van der Waals surface area contributed by atoms with E-state index >= 15 is 0 Å². The van der Waals surface area contributed by atoms with Gasteiger partial charge in [-0.3, -0.25) is 4.79 Å². The molecule has 1 amide bonds. The van der Waals surface area contributed by atoms with Crippen LogP contribution < -0.4 is 9.47 Å². The Labute approximate surface area is 137 Å². The maximum Gasteiger partial charge on any atom is 0.226 e. The van der Waals surface area contributed by atoms with Crippen molar-refractivity contribution >= 4 is 5.91 Å². The maximum absolute atomic E-state index is 12.6. The lowest BCUT2D eigenvalue weighted by atomic mass is 9.86. The number of likely N-dealkylation sites (tertiary alicyclic amines) is 1. The van der Waals surface area contributed by atoms with E-state index < -0.39 is 0 Å². The smallest absolute Gasteiger partial charge is 0.226 e. The molecular weight excluding hydrogens is 294 g/mol. The van der Waals surface area contributed by atoms with Crippen molar-refractivity contribution in [2.45, 2.75) is 38.4 Å². The highest BCUT2D eigenvalue weighted by Crippen LogP contribution is 2.31. The summed E-state index contributed by atoms with van der Waals surface area (Å²) in [7, 11) is 1.64. The second-order valence-electron chi connectivity index (χ2n) is 6.96. The summed E-state index contributed by atoms with van der Waals surface area (Å²) in [5.74, 6) is 1.89. The average molecular weight is 319 g/mol. The quantitative estimate of drug-likeness (QED) is 0.855. The van der Waals surface area contributed by atoms with Crippen LogP contribution in [0.2, 0.25) is 0 Å². The first-order valence-corrected chi connectivity index (χ1v) is 8.20. The first-order chi connectivity index (χ1) is 11.0. The predicted octanol–water partition coefficient (Wildman–Crippen LogP) is 2.49. The summed E-state index contributed by atoms with van der Waals surface area (Å²) >= 11 is 0. The fourth-order valence-electron chi connectivity index (χ4n) is 3.26. The van der Waals surface area contributed by atoms with Gasteiger partial charge in [0.05, 0.1) is 25.8 Å². The van der Waals surface area contributed by atoms with Gasteiger partial charge >= 0.3 is 0 Å². The van der Waals surface area contributed by atoms with Gasteiger partial charge in [-0.1, -0.05) is 6.07 Å². The zero-order valence-electron chi connectivity index (χ0n) is 14.1. The van der Waals surface area contributed by atoms with Crippen molar-refractivity contribution in [2.24, 2.45) is 5.92 Å². The fraction of sp³-hybridized carbons (Fsp3) is 0.611. The van der Waals surface area contributed by atoms with Crippen LogP contribution in [0.15, 0.2) is 24.3 Å². The van der Waals surface area contributed by atoms with Crippen LogP contribution in [0.5, 0.6) is 11.5 Å². The molecule has 5 nitrogen and oxygen atoms in total. The zero-order valence-corrected chi connectivity index (χ0v) is 14.1. The van der Waals surface area contributed by atoms with Gasteiger partial charge < -0.3 is 19.1 Å². The lowest BCUT2D eigenvalue weighted by Crippen LogP contribution is -2.58. The van der Waals surface area contributed by atoms with Crippen molar-refractivity contribution in [1.29, 1.82) is 0 Å². The molecule has 1 unspecified atom stereocenters. The first kappa shape index (κ1) is 16.1. The topological polar surface area (TPSA) is 48.0 Å². The molecule has 126 valence electrons. The third-order valence-corrected chi connectivity index (χ3v) is 4.55. The number of nitrogens with zero attached hydrogens (tertiary/aromatic N) is 1. The molecule has 0 radical (unpaired) electrons. The number of rotatable bonds is 4. The summed E-state index contributed by atoms with van der Waals surface area (Å²) in [6, 6.07) is 7.57. The van der Waals surface area contributed by atoms with Crippen LogP contribution in [0, 0.1) is 5.92 Å². The Morgan fingerprint density at radius 2 is 2.04 bits per heavy atom. The molecule has 2 saturated heterocycles. The molecule has 2 fully saturated rings. The van der Waals surface area contributed by atoms with Crippen LogP contribution in [-0.2, 0) is 9.53 Å². The molecule has 3 rings (SSSR count). The summed E-state index contributed by atoms with van der Waals surface area (Å²) in [6.07, 6.45) is 1.68. The summed E-state index contributed by atoms with van der Waals surface area (Å²) in [6.45, 7) is 6.09. The number of hydrogen-bond acceptors (Lipinski definition) is 4. The molecule has 1 aromatic rings.